The lowest BCUT2D eigenvalue weighted by molar-refractivity contribution is 0.0521. The quantitative estimate of drug-likeness (QED) is 0.370. The van der Waals surface area contributed by atoms with E-state index >= 15 is 0 Å². The summed E-state index contributed by atoms with van der Waals surface area (Å²) in [6.07, 6.45) is 5.88. The van der Waals surface area contributed by atoms with Crippen molar-refractivity contribution in [2.45, 2.75) is 59.5 Å². The van der Waals surface area contributed by atoms with Crippen LogP contribution in [0.4, 0.5) is 16.4 Å². The maximum atomic E-state index is 11.9. The molecule has 3 aromatic rings. The number of amides is 1. The number of nitrogens with zero attached hydrogens (tertiary/aromatic N) is 7. The molecule has 1 amide bonds. The molecule has 0 aromatic carbocycles. The molecule has 12 nitrogen and oxygen atoms in total. The van der Waals surface area contributed by atoms with Gasteiger partial charge in [-0.05, 0) is 45.2 Å². The number of piperazine rings is 1. The zero-order valence-corrected chi connectivity index (χ0v) is 23.7. The van der Waals surface area contributed by atoms with Crippen molar-refractivity contribution < 1.29 is 14.3 Å². The molecular weight excluding hydrogens is 498 g/mol. The van der Waals surface area contributed by atoms with E-state index < -0.39 is 5.60 Å². The third-order valence-corrected chi connectivity index (χ3v) is 6.43. The largest absolute Gasteiger partial charge is 0.462 e. The molecule has 1 aliphatic rings. The summed E-state index contributed by atoms with van der Waals surface area (Å²) in [4.78, 5) is 30.0. The first-order valence-corrected chi connectivity index (χ1v) is 13.7. The molecule has 39 heavy (non-hydrogen) atoms. The molecule has 4 heterocycles. The van der Waals surface area contributed by atoms with Crippen LogP contribution in [0.3, 0.4) is 0 Å². The summed E-state index contributed by atoms with van der Waals surface area (Å²) in [7, 11) is 0. The molecule has 1 saturated heterocycles. The van der Waals surface area contributed by atoms with Crippen LogP contribution in [0.15, 0.2) is 18.5 Å². The number of fused-ring (bicyclic) bond motifs is 1. The number of aryl methyl sites for hydroxylation is 1. The Labute approximate surface area is 229 Å². The molecule has 0 radical (unpaired) electrons. The molecule has 0 unspecified atom stereocenters. The molecule has 0 atom stereocenters. The zero-order valence-electron chi connectivity index (χ0n) is 23.7. The van der Waals surface area contributed by atoms with Crippen LogP contribution in [-0.2, 0) is 11.2 Å². The number of pyridine rings is 1. The molecule has 212 valence electrons. The summed E-state index contributed by atoms with van der Waals surface area (Å²) >= 11 is 0. The van der Waals surface area contributed by atoms with Crippen LogP contribution in [0, 0.1) is 6.92 Å². The van der Waals surface area contributed by atoms with Gasteiger partial charge in [0.15, 0.2) is 11.5 Å². The molecular formula is C27H41N9O3. The Morgan fingerprint density at radius 2 is 1.92 bits per heavy atom. The number of carbonyl (C=O) groups excluding carboxylic acids is 1. The highest BCUT2D eigenvalue weighted by Gasteiger charge is 2.21. The van der Waals surface area contributed by atoms with E-state index in [1.165, 1.54) is 0 Å². The number of anilines is 2. The van der Waals surface area contributed by atoms with Crippen molar-refractivity contribution in [2.24, 2.45) is 0 Å². The molecule has 0 aliphatic carbocycles. The maximum absolute atomic E-state index is 11.9. The predicted molar refractivity (Wildman–Crippen MR) is 150 cm³/mol. The molecule has 3 N–H and O–H groups in total. The second-order valence-corrected chi connectivity index (χ2v) is 10.9. The molecule has 1 fully saturated rings. The number of alkyl carbamates (subject to hydrolysis) is 1. The highest BCUT2D eigenvalue weighted by atomic mass is 16.6. The van der Waals surface area contributed by atoms with Gasteiger partial charge in [0, 0.05) is 51.9 Å². The lowest BCUT2D eigenvalue weighted by Crippen LogP contribution is -2.49. The Balaban J connectivity index is 1.32. The number of imidazole rings is 1. The second kappa shape index (κ2) is 12.5. The smallest absolute Gasteiger partial charge is 0.407 e. The van der Waals surface area contributed by atoms with Gasteiger partial charge in [0.2, 0.25) is 0 Å². The summed E-state index contributed by atoms with van der Waals surface area (Å²) in [5, 5.41) is 7.34. The van der Waals surface area contributed by atoms with Crippen molar-refractivity contribution in [2.75, 3.05) is 56.5 Å². The number of hydrogen-bond acceptors (Lipinski definition) is 10. The summed E-state index contributed by atoms with van der Waals surface area (Å²) in [5.74, 6) is 1.30. The number of unbranched alkanes of at least 4 members (excludes halogenated alkanes) is 1. The van der Waals surface area contributed by atoms with Gasteiger partial charge in [-0.15, -0.1) is 5.10 Å². The first kappa shape index (κ1) is 28.3. The normalized spacial score (nSPS) is 14.5. The van der Waals surface area contributed by atoms with Crippen molar-refractivity contribution in [3.63, 3.8) is 0 Å². The van der Waals surface area contributed by atoms with Crippen LogP contribution in [0.1, 0.15) is 57.4 Å². The maximum Gasteiger partial charge on any atom is 0.407 e. The second-order valence-electron chi connectivity index (χ2n) is 10.9. The Morgan fingerprint density at radius 1 is 1.15 bits per heavy atom. The molecule has 4 rings (SSSR count). The van der Waals surface area contributed by atoms with Crippen molar-refractivity contribution in [1.29, 1.82) is 0 Å². The number of hydrogen-bond donors (Lipinski definition) is 2. The first-order valence-electron chi connectivity index (χ1n) is 13.7. The standard InChI is InChI=1S/C27H41N9O3/c1-6-7-14-38-25-32-22(28)24-31-18-21(36(24)33-25)16-20-15-19(2)23(30-17-20)35-12-10-34(11-13-35)9-8-29-26(37)39-27(3,4)5/h15,17-18H,6-14,16H2,1-5H3,(H,29,37)(H2,28,32,33). The summed E-state index contributed by atoms with van der Waals surface area (Å²) in [6.45, 7) is 15.3. The number of nitrogens with two attached hydrogens (primary N) is 1. The summed E-state index contributed by atoms with van der Waals surface area (Å²) in [6, 6.07) is 2.43. The van der Waals surface area contributed by atoms with Crippen molar-refractivity contribution in [1.82, 2.24) is 34.8 Å². The third kappa shape index (κ3) is 7.69. The van der Waals surface area contributed by atoms with Gasteiger partial charge in [-0.2, -0.15) is 4.98 Å². The van der Waals surface area contributed by atoms with Crippen LogP contribution in [-0.4, -0.2) is 87.0 Å². The molecule has 1 aliphatic heterocycles. The fourth-order valence-corrected chi connectivity index (χ4v) is 4.49. The van der Waals surface area contributed by atoms with E-state index in [1.807, 2.05) is 27.0 Å². The molecule has 12 heteroatoms. The van der Waals surface area contributed by atoms with E-state index in [1.54, 1.807) is 10.7 Å². The molecule has 3 aromatic heterocycles. The van der Waals surface area contributed by atoms with E-state index in [9.17, 15) is 4.79 Å². The van der Waals surface area contributed by atoms with E-state index in [2.05, 4.69) is 50.1 Å². The van der Waals surface area contributed by atoms with Gasteiger partial charge in [0.1, 0.15) is 11.4 Å². The van der Waals surface area contributed by atoms with Gasteiger partial charge >= 0.3 is 12.1 Å². The lowest BCUT2D eigenvalue weighted by atomic mass is 10.1. The van der Waals surface area contributed by atoms with Crippen LogP contribution >= 0.6 is 0 Å². The Kier molecular flexibility index (Phi) is 9.05. The third-order valence-electron chi connectivity index (χ3n) is 6.43. The molecule has 0 spiro atoms. The summed E-state index contributed by atoms with van der Waals surface area (Å²) in [5.41, 5.74) is 9.22. The van der Waals surface area contributed by atoms with Crippen molar-refractivity contribution in [3.8, 4) is 6.01 Å². The SMILES string of the molecule is CCCCOc1nc(N)c2ncc(Cc3cnc(N4CCN(CCNC(=O)OC(C)(C)C)CC4)c(C)c3)n2n1. The average Bonchev–Trinajstić information content (AvgIpc) is 3.27. The lowest BCUT2D eigenvalue weighted by Gasteiger charge is -2.36. The van der Waals surface area contributed by atoms with Gasteiger partial charge in [-0.25, -0.2) is 19.3 Å². The monoisotopic (exact) mass is 539 g/mol. The van der Waals surface area contributed by atoms with Gasteiger partial charge < -0.3 is 25.4 Å². The number of aromatic nitrogens is 5. The minimum Gasteiger partial charge on any atom is -0.462 e. The molecule has 0 bridgehead atoms. The fourth-order valence-electron chi connectivity index (χ4n) is 4.49. The van der Waals surface area contributed by atoms with Crippen molar-refractivity contribution >= 4 is 23.4 Å². The predicted octanol–water partition coefficient (Wildman–Crippen LogP) is 2.83. The van der Waals surface area contributed by atoms with Crippen molar-refractivity contribution in [3.05, 3.63) is 35.3 Å². The van der Waals surface area contributed by atoms with Gasteiger partial charge in [-0.3, -0.25) is 4.90 Å². The van der Waals surface area contributed by atoms with Gasteiger partial charge in [-0.1, -0.05) is 19.4 Å². The van der Waals surface area contributed by atoms with E-state index in [0.717, 1.165) is 68.2 Å². The zero-order chi connectivity index (χ0) is 28.0. The highest BCUT2D eigenvalue weighted by molar-refractivity contribution is 5.67. The number of nitrogens with one attached hydrogen (secondary N) is 1. The van der Waals surface area contributed by atoms with Gasteiger partial charge in [0.25, 0.3) is 0 Å². The first-order chi connectivity index (χ1) is 18.6. The van der Waals surface area contributed by atoms with E-state index in [4.69, 9.17) is 20.2 Å². The van der Waals surface area contributed by atoms with E-state index in [-0.39, 0.29) is 12.1 Å². The Morgan fingerprint density at radius 3 is 2.62 bits per heavy atom. The number of ether oxygens (including phenoxy) is 2. The van der Waals surface area contributed by atoms with Crippen LogP contribution in [0.5, 0.6) is 6.01 Å². The number of nitrogen functional groups attached to an aromatic ring is 1. The fraction of sp³-hybridized carbons (Fsp3) is 0.593. The van der Waals surface area contributed by atoms with Crippen LogP contribution < -0.4 is 20.7 Å². The van der Waals surface area contributed by atoms with Crippen LogP contribution in [0.25, 0.3) is 5.65 Å². The molecule has 0 saturated carbocycles. The Bertz CT molecular complexity index is 1260. The summed E-state index contributed by atoms with van der Waals surface area (Å²) < 4.78 is 12.7. The topological polar surface area (TPSA) is 136 Å². The number of rotatable bonds is 10. The minimum atomic E-state index is -0.489. The minimum absolute atomic E-state index is 0.261. The van der Waals surface area contributed by atoms with Crippen LogP contribution in [0.2, 0.25) is 0 Å². The van der Waals surface area contributed by atoms with Gasteiger partial charge in [0.05, 0.1) is 18.5 Å². The number of carbonyl (C=O) groups is 1. The Hall–Kier alpha value is -3.67. The highest BCUT2D eigenvalue weighted by Crippen LogP contribution is 2.22. The van der Waals surface area contributed by atoms with E-state index in [0.29, 0.717) is 31.0 Å². The average molecular weight is 540 g/mol.